The van der Waals surface area contributed by atoms with Gasteiger partial charge in [-0.15, -0.1) is 0 Å². The van der Waals surface area contributed by atoms with Crippen LogP contribution < -0.4 is 5.32 Å². The molecule has 0 bridgehead atoms. The van der Waals surface area contributed by atoms with Gasteiger partial charge in [-0.05, 0) is 63.8 Å². The van der Waals surface area contributed by atoms with Crippen molar-refractivity contribution in [2.24, 2.45) is 0 Å². The fourth-order valence-corrected chi connectivity index (χ4v) is 3.61. The molecule has 0 spiro atoms. The Morgan fingerprint density at radius 2 is 1.87 bits per heavy atom. The SMILES string of the molecule is Cc1cc2nc(C)c(CCC(=O)N(C)CC(=O)Nc3cccc(C)c3C)c(C)n2n1. The lowest BCUT2D eigenvalue weighted by molar-refractivity contribution is -0.133. The molecule has 2 heterocycles. The highest BCUT2D eigenvalue weighted by Crippen LogP contribution is 2.19. The van der Waals surface area contributed by atoms with E-state index in [1.165, 1.54) is 4.90 Å². The molecular formula is C23H29N5O2. The number of hydrogen-bond acceptors (Lipinski definition) is 4. The van der Waals surface area contributed by atoms with Gasteiger partial charge in [0.05, 0.1) is 12.2 Å². The number of nitrogens with one attached hydrogen (secondary N) is 1. The minimum atomic E-state index is -0.206. The summed E-state index contributed by atoms with van der Waals surface area (Å²) in [6.07, 6.45) is 0.865. The molecule has 0 atom stereocenters. The molecule has 0 saturated heterocycles. The molecule has 0 radical (unpaired) electrons. The van der Waals surface area contributed by atoms with Gasteiger partial charge >= 0.3 is 0 Å². The van der Waals surface area contributed by atoms with Crippen molar-refractivity contribution in [2.45, 2.75) is 47.5 Å². The number of amides is 2. The van der Waals surface area contributed by atoms with Crippen molar-refractivity contribution in [1.29, 1.82) is 0 Å². The largest absolute Gasteiger partial charge is 0.336 e. The average molecular weight is 408 g/mol. The molecule has 0 saturated carbocycles. The lowest BCUT2D eigenvalue weighted by Gasteiger charge is -2.18. The van der Waals surface area contributed by atoms with Crippen molar-refractivity contribution in [1.82, 2.24) is 19.5 Å². The zero-order chi connectivity index (χ0) is 22.0. The molecule has 0 fully saturated rings. The topological polar surface area (TPSA) is 79.6 Å². The summed E-state index contributed by atoms with van der Waals surface area (Å²) in [5.41, 5.74) is 7.57. The van der Waals surface area contributed by atoms with Crippen molar-refractivity contribution in [3.63, 3.8) is 0 Å². The Labute approximate surface area is 177 Å². The average Bonchev–Trinajstić information content (AvgIpc) is 3.05. The molecule has 0 aliphatic heterocycles. The van der Waals surface area contributed by atoms with Crippen molar-refractivity contribution in [3.8, 4) is 0 Å². The maximum atomic E-state index is 12.6. The highest BCUT2D eigenvalue weighted by Gasteiger charge is 2.17. The summed E-state index contributed by atoms with van der Waals surface area (Å²) >= 11 is 0. The Hall–Kier alpha value is -3.22. The second-order valence-corrected chi connectivity index (χ2v) is 7.86. The van der Waals surface area contributed by atoms with Gasteiger partial charge < -0.3 is 10.2 Å². The van der Waals surface area contributed by atoms with Gasteiger partial charge in [0, 0.05) is 36.6 Å². The number of nitrogens with zero attached hydrogens (tertiary/aromatic N) is 4. The first-order chi connectivity index (χ1) is 14.2. The van der Waals surface area contributed by atoms with Crippen molar-refractivity contribution in [3.05, 3.63) is 58.0 Å². The first-order valence-corrected chi connectivity index (χ1v) is 10.1. The van der Waals surface area contributed by atoms with E-state index in [-0.39, 0.29) is 18.4 Å². The van der Waals surface area contributed by atoms with Gasteiger partial charge in [0.15, 0.2) is 5.65 Å². The molecule has 30 heavy (non-hydrogen) atoms. The van der Waals surface area contributed by atoms with E-state index in [9.17, 15) is 9.59 Å². The highest BCUT2D eigenvalue weighted by molar-refractivity contribution is 5.95. The standard InChI is InChI=1S/C23H29N5O2/c1-14-8-7-9-20(16(14)3)25-22(29)13-27(6)23(30)11-10-19-17(4)24-21-12-15(2)26-28(21)18(19)5/h7-9,12H,10-11,13H2,1-6H3,(H,25,29). The number of carbonyl (C=O) groups excluding carboxylic acids is 2. The number of benzene rings is 1. The molecule has 0 unspecified atom stereocenters. The predicted molar refractivity (Wildman–Crippen MR) is 118 cm³/mol. The number of likely N-dealkylation sites (N-methyl/N-ethyl adjacent to an activating group) is 1. The first kappa shape index (κ1) is 21.5. The van der Waals surface area contributed by atoms with Gasteiger partial charge in [-0.3, -0.25) is 9.59 Å². The summed E-state index contributed by atoms with van der Waals surface area (Å²) in [5.74, 6) is -0.288. The van der Waals surface area contributed by atoms with E-state index in [0.717, 1.165) is 45.1 Å². The molecule has 1 aromatic carbocycles. The molecular weight excluding hydrogens is 378 g/mol. The van der Waals surface area contributed by atoms with E-state index < -0.39 is 0 Å². The highest BCUT2D eigenvalue weighted by atomic mass is 16.2. The van der Waals surface area contributed by atoms with Crippen LogP contribution in [0.2, 0.25) is 0 Å². The second kappa shape index (κ2) is 8.65. The summed E-state index contributed by atoms with van der Waals surface area (Å²) in [4.78, 5) is 31.1. The van der Waals surface area contributed by atoms with E-state index in [1.54, 1.807) is 7.05 Å². The van der Waals surface area contributed by atoms with Crippen molar-refractivity contribution >= 4 is 23.1 Å². The number of carbonyl (C=O) groups is 2. The number of anilines is 1. The number of fused-ring (bicyclic) bond motifs is 1. The van der Waals surface area contributed by atoms with Crippen LogP contribution in [-0.2, 0) is 16.0 Å². The van der Waals surface area contributed by atoms with Crippen LogP contribution in [0, 0.1) is 34.6 Å². The molecule has 1 N–H and O–H groups in total. The molecule has 2 amide bonds. The zero-order valence-electron chi connectivity index (χ0n) is 18.5. The van der Waals surface area contributed by atoms with Crippen LogP contribution in [0.5, 0.6) is 0 Å². The van der Waals surface area contributed by atoms with Gasteiger partial charge in [-0.2, -0.15) is 5.10 Å². The fraction of sp³-hybridized carbons (Fsp3) is 0.391. The molecule has 3 aromatic rings. The van der Waals surface area contributed by atoms with Crippen LogP contribution in [0.3, 0.4) is 0 Å². The Kier molecular flexibility index (Phi) is 6.20. The summed E-state index contributed by atoms with van der Waals surface area (Å²) in [7, 11) is 1.66. The molecule has 7 heteroatoms. The third-order valence-corrected chi connectivity index (χ3v) is 5.56. The molecule has 3 rings (SSSR count). The lowest BCUT2D eigenvalue weighted by atomic mass is 10.1. The minimum absolute atomic E-state index is 0.0137. The summed E-state index contributed by atoms with van der Waals surface area (Å²) in [6, 6.07) is 7.72. The molecule has 0 aliphatic carbocycles. The van der Waals surface area contributed by atoms with Crippen LogP contribution in [0.1, 0.15) is 40.2 Å². The van der Waals surface area contributed by atoms with Gasteiger partial charge in [0.25, 0.3) is 0 Å². The van der Waals surface area contributed by atoms with Gasteiger partial charge in [-0.1, -0.05) is 12.1 Å². The lowest BCUT2D eigenvalue weighted by Crippen LogP contribution is -2.35. The van der Waals surface area contributed by atoms with Crippen LogP contribution in [-0.4, -0.2) is 44.9 Å². The van der Waals surface area contributed by atoms with Gasteiger partial charge in [0.2, 0.25) is 11.8 Å². The monoisotopic (exact) mass is 407 g/mol. The Bertz CT molecular complexity index is 1120. The normalized spacial score (nSPS) is 11.0. The second-order valence-electron chi connectivity index (χ2n) is 7.86. The third kappa shape index (κ3) is 4.50. The smallest absolute Gasteiger partial charge is 0.243 e. The zero-order valence-corrected chi connectivity index (χ0v) is 18.5. The maximum absolute atomic E-state index is 12.6. The van der Waals surface area contributed by atoms with Crippen LogP contribution in [0.25, 0.3) is 5.65 Å². The fourth-order valence-electron chi connectivity index (χ4n) is 3.61. The Morgan fingerprint density at radius 3 is 2.60 bits per heavy atom. The number of rotatable bonds is 6. The van der Waals surface area contributed by atoms with Crippen molar-refractivity contribution in [2.75, 3.05) is 18.9 Å². The molecule has 2 aromatic heterocycles. The van der Waals surface area contributed by atoms with E-state index >= 15 is 0 Å². The Balaban J connectivity index is 1.61. The van der Waals surface area contributed by atoms with E-state index in [2.05, 4.69) is 15.4 Å². The third-order valence-electron chi connectivity index (χ3n) is 5.56. The number of aromatic nitrogens is 3. The van der Waals surface area contributed by atoms with Crippen molar-refractivity contribution < 1.29 is 9.59 Å². The molecule has 7 nitrogen and oxygen atoms in total. The van der Waals surface area contributed by atoms with Crippen LogP contribution >= 0.6 is 0 Å². The van der Waals surface area contributed by atoms with E-state index in [0.29, 0.717) is 12.8 Å². The maximum Gasteiger partial charge on any atom is 0.243 e. The number of aryl methyl sites for hydroxylation is 4. The van der Waals surface area contributed by atoms with Crippen LogP contribution in [0.15, 0.2) is 24.3 Å². The minimum Gasteiger partial charge on any atom is -0.336 e. The van der Waals surface area contributed by atoms with Gasteiger partial charge in [0.1, 0.15) is 0 Å². The predicted octanol–water partition coefficient (Wildman–Crippen LogP) is 3.30. The van der Waals surface area contributed by atoms with Crippen LogP contribution in [0.4, 0.5) is 5.69 Å². The summed E-state index contributed by atoms with van der Waals surface area (Å²) in [5, 5.41) is 7.37. The quantitative estimate of drug-likeness (QED) is 0.680. The number of hydrogen-bond donors (Lipinski definition) is 1. The Morgan fingerprint density at radius 1 is 1.13 bits per heavy atom. The summed E-state index contributed by atoms with van der Waals surface area (Å²) in [6.45, 7) is 9.87. The van der Waals surface area contributed by atoms with Gasteiger partial charge in [-0.25, -0.2) is 9.50 Å². The summed E-state index contributed by atoms with van der Waals surface area (Å²) < 4.78 is 1.82. The van der Waals surface area contributed by atoms with E-state index in [1.807, 2.05) is 63.4 Å². The first-order valence-electron chi connectivity index (χ1n) is 10.1. The van der Waals surface area contributed by atoms with E-state index in [4.69, 9.17) is 0 Å². The molecule has 0 aliphatic rings. The molecule has 158 valence electrons.